The van der Waals surface area contributed by atoms with E-state index in [0.717, 1.165) is 96.6 Å². The lowest BCUT2D eigenvalue weighted by Crippen LogP contribution is -2.62. The zero-order valence-electron chi connectivity index (χ0n) is 38.7. The molecular formula is C48H79N7O6. The van der Waals surface area contributed by atoms with Gasteiger partial charge in [0, 0.05) is 31.0 Å². The molecular weight excluding hydrogens is 771 g/mol. The third-order valence-corrected chi connectivity index (χ3v) is 17.1. The van der Waals surface area contributed by atoms with Crippen molar-refractivity contribution in [2.45, 2.75) is 187 Å². The van der Waals surface area contributed by atoms with Gasteiger partial charge in [-0.15, -0.1) is 6.58 Å². The summed E-state index contributed by atoms with van der Waals surface area (Å²) in [6, 6.07) is -3.32. The number of rotatable bonds is 18. The van der Waals surface area contributed by atoms with Crippen LogP contribution in [0.4, 0.5) is 4.79 Å². The third-order valence-electron chi connectivity index (χ3n) is 17.1. The Hall–Kier alpha value is -3.48. The Morgan fingerprint density at radius 1 is 0.787 bits per heavy atom. The predicted molar refractivity (Wildman–Crippen MR) is 237 cm³/mol. The molecule has 0 radical (unpaired) electrons. The Morgan fingerprint density at radius 3 is 1.98 bits per heavy atom. The second-order valence-corrected chi connectivity index (χ2v) is 20.1. The molecule has 0 aromatic heterocycles. The highest BCUT2D eigenvalue weighted by Crippen LogP contribution is 2.88. The summed E-state index contributed by atoms with van der Waals surface area (Å²) >= 11 is 0. The molecule has 6 fully saturated rings. The molecule has 342 valence electrons. The number of urea groups is 1. The SMILES string of the molecule is C=CC1CC1(NC(=O)C1CC2(CN1C(=O)C(NC(=O)C(NC(=O)C1CCCCN1CC)C1CCCCC1)C(CCC)CCC)C(C)(C)C21CCC1)C(=O)NC(=O)N(CC)CC. The molecule has 4 N–H and O–H groups in total. The Bertz CT molecular complexity index is 1650. The number of carbonyl (C=O) groups excluding carboxylic acids is 6. The molecule has 6 rings (SSSR count). The number of hydrogen-bond acceptors (Lipinski definition) is 7. The number of nitrogens with zero attached hydrogens (tertiary/aromatic N) is 3. The Labute approximate surface area is 366 Å². The minimum absolute atomic E-state index is 0.0227. The van der Waals surface area contributed by atoms with Gasteiger partial charge in [0.15, 0.2) is 0 Å². The van der Waals surface area contributed by atoms with Gasteiger partial charge in [0.25, 0.3) is 5.91 Å². The summed E-state index contributed by atoms with van der Waals surface area (Å²) in [4.78, 5) is 91.9. The van der Waals surface area contributed by atoms with E-state index in [1.807, 2.05) is 13.8 Å². The van der Waals surface area contributed by atoms with Crippen LogP contribution < -0.4 is 21.3 Å². The molecule has 7 amide bonds. The molecule has 7 unspecified atom stereocenters. The molecule has 2 heterocycles. The largest absolute Gasteiger partial charge is 0.343 e. The number of hydrogen-bond donors (Lipinski definition) is 4. The quantitative estimate of drug-likeness (QED) is 0.122. The molecule has 13 nitrogen and oxygen atoms in total. The zero-order valence-corrected chi connectivity index (χ0v) is 38.7. The standard InChI is InChI=1S/C48H79N7O6/c1-9-21-32(22-10-2)38(50-41(58)37(33-23-16-15-17-24-33)49-39(56)35-25-18-19-28-54(35)14-6)42(59)55-31-47(45(7,8)46(47)26-20-27-46)30-36(55)40(57)52-48(29-34(48)11-3)43(60)51-44(61)53(12-4)13-5/h11,32-38H,3,9-10,12-31H2,1-2,4-8H3,(H,49,56)(H,50,58)(H,52,57)(H,51,60,61). The summed E-state index contributed by atoms with van der Waals surface area (Å²) in [6.07, 6.45) is 16.2. The number of likely N-dealkylation sites (tertiary alicyclic amines) is 2. The highest BCUT2D eigenvalue weighted by Gasteiger charge is 2.85. The molecule has 7 atom stereocenters. The average molecular weight is 850 g/mol. The third kappa shape index (κ3) is 8.51. The summed E-state index contributed by atoms with van der Waals surface area (Å²) < 4.78 is 0. The minimum atomic E-state index is -1.35. The van der Waals surface area contributed by atoms with Crippen molar-refractivity contribution in [2.75, 3.05) is 32.7 Å². The number of fused-ring (bicyclic) bond motifs is 1. The first-order valence-electron chi connectivity index (χ1n) is 24.4. The average Bonchev–Trinajstić information content (AvgIpc) is 3.97. The molecule has 4 aliphatic carbocycles. The van der Waals surface area contributed by atoms with Crippen LogP contribution in [0.5, 0.6) is 0 Å². The number of imide groups is 1. The molecule has 6 aliphatic rings. The van der Waals surface area contributed by atoms with Crippen LogP contribution in [0, 0.1) is 34.0 Å². The van der Waals surface area contributed by atoms with Crippen LogP contribution in [0.25, 0.3) is 0 Å². The molecule has 2 saturated heterocycles. The smallest absolute Gasteiger partial charge is 0.324 e. The van der Waals surface area contributed by atoms with Crippen LogP contribution >= 0.6 is 0 Å². The van der Waals surface area contributed by atoms with E-state index in [1.165, 1.54) is 4.90 Å². The van der Waals surface area contributed by atoms with E-state index < -0.39 is 41.5 Å². The van der Waals surface area contributed by atoms with E-state index in [-0.39, 0.29) is 57.8 Å². The maximum Gasteiger partial charge on any atom is 0.324 e. The fourth-order valence-electron chi connectivity index (χ4n) is 13.0. The predicted octanol–water partition coefficient (Wildman–Crippen LogP) is 6.06. The Morgan fingerprint density at radius 2 is 1.44 bits per heavy atom. The van der Waals surface area contributed by atoms with Gasteiger partial charge in [0.1, 0.15) is 23.7 Å². The van der Waals surface area contributed by atoms with Gasteiger partial charge in [-0.3, -0.25) is 34.2 Å². The summed E-state index contributed by atoms with van der Waals surface area (Å²) in [6.45, 7) is 21.3. The molecule has 61 heavy (non-hydrogen) atoms. The van der Waals surface area contributed by atoms with Gasteiger partial charge in [-0.25, -0.2) is 4.79 Å². The highest BCUT2D eigenvalue weighted by molar-refractivity contribution is 6.04. The lowest BCUT2D eigenvalue weighted by atomic mass is 9.73. The molecule has 4 saturated carbocycles. The van der Waals surface area contributed by atoms with Crippen LogP contribution in [0.2, 0.25) is 0 Å². The molecule has 0 aromatic rings. The first kappa shape index (κ1) is 47.0. The van der Waals surface area contributed by atoms with Crippen molar-refractivity contribution >= 4 is 35.6 Å². The Balaban J connectivity index is 1.31. The van der Waals surface area contributed by atoms with Crippen LogP contribution in [0.3, 0.4) is 0 Å². The normalized spacial score (nSPS) is 29.9. The van der Waals surface area contributed by atoms with Crippen LogP contribution in [-0.4, -0.2) is 113 Å². The first-order valence-corrected chi connectivity index (χ1v) is 24.4. The molecule has 0 aromatic carbocycles. The lowest BCUT2D eigenvalue weighted by molar-refractivity contribution is -0.144. The number of amides is 7. The fraction of sp³-hybridized carbons (Fsp3) is 0.833. The van der Waals surface area contributed by atoms with Crippen molar-refractivity contribution in [1.82, 2.24) is 36.0 Å². The van der Waals surface area contributed by atoms with E-state index in [2.05, 4.69) is 67.4 Å². The summed E-state index contributed by atoms with van der Waals surface area (Å²) in [5.74, 6) is -2.25. The number of likely N-dealkylation sites (N-methyl/N-ethyl adjacent to an activating group) is 1. The van der Waals surface area contributed by atoms with Crippen molar-refractivity contribution in [2.24, 2.45) is 34.0 Å². The van der Waals surface area contributed by atoms with E-state index in [0.29, 0.717) is 45.3 Å². The van der Waals surface area contributed by atoms with Gasteiger partial charge < -0.3 is 25.8 Å². The minimum Gasteiger partial charge on any atom is -0.343 e. The molecule has 0 bridgehead atoms. The second kappa shape index (κ2) is 19.1. The fourth-order valence-corrected chi connectivity index (χ4v) is 13.0. The van der Waals surface area contributed by atoms with Crippen molar-refractivity contribution in [3.8, 4) is 0 Å². The van der Waals surface area contributed by atoms with E-state index in [9.17, 15) is 24.0 Å². The second-order valence-electron chi connectivity index (χ2n) is 20.1. The van der Waals surface area contributed by atoms with E-state index in [4.69, 9.17) is 0 Å². The van der Waals surface area contributed by atoms with Crippen molar-refractivity contribution in [3.05, 3.63) is 12.7 Å². The monoisotopic (exact) mass is 850 g/mol. The van der Waals surface area contributed by atoms with Gasteiger partial charge in [-0.2, -0.15) is 0 Å². The zero-order chi connectivity index (χ0) is 44.3. The van der Waals surface area contributed by atoms with Gasteiger partial charge >= 0.3 is 6.03 Å². The summed E-state index contributed by atoms with van der Waals surface area (Å²) in [7, 11) is 0. The topological polar surface area (TPSA) is 160 Å². The number of piperidine rings is 1. The lowest BCUT2D eigenvalue weighted by Gasteiger charge is -2.38. The van der Waals surface area contributed by atoms with Gasteiger partial charge in [0.05, 0.1) is 6.04 Å². The van der Waals surface area contributed by atoms with Gasteiger partial charge in [-0.05, 0) is 114 Å². The number of nitrogens with one attached hydrogen (secondary N) is 4. The molecule has 2 spiro atoms. The summed E-state index contributed by atoms with van der Waals surface area (Å²) in [5, 5.41) is 12.2. The van der Waals surface area contributed by atoms with Crippen LogP contribution in [0.1, 0.15) is 158 Å². The first-order chi connectivity index (χ1) is 29.2. The maximum atomic E-state index is 15.6. The van der Waals surface area contributed by atoms with Crippen molar-refractivity contribution < 1.29 is 28.8 Å². The molecule has 13 heteroatoms. The molecule has 2 aliphatic heterocycles. The van der Waals surface area contributed by atoms with Gasteiger partial charge in [-0.1, -0.05) is 85.6 Å². The van der Waals surface area contributed by atoms with Crippen LogP contribution in [0.15, 0.2) is 12.7 Å². The van der Waals surface area contributed by atoms with E-state index >= 15 is 4.79 Å². The highest BCUT2D eigenvalue weighted by atomic mass is 16.2. The van der Waals surface area contributed by atoms with E-state index in [1.54, 1.807) is 11.0 Å². The Kier molecular flexibility index (Phi) is 14.7. The van der Waals surface area contributed by atoms with Crippen LogP contribution in [-0.2, 0) is 24.0 Å². The summed E-state index contributed by atoms with van der Waals surface area (Å²) in [5.41, 5.74) is -1.71. The van der Waals surface area contributed by atoms with Crippen molar-refractivity contribution in [3.63, 3.8) is 0 Å². The van der Waals surface area contributed by atoms with Crippen molar-refractivity contribution in [1.29, 1.82) is 0 Å². The maximum absolute atomic E-state index is 15.6. The number of carbonyl (C=O) groups is 6. The van der Waals surface area contributed by atoms with Gasteiger partial charge in [0.2, 0.25) is 23.6 Å².